The van der Waals surface area contributed by atoms with E-state index in [1.807, 2.05) is 42.5 Å². The molecule has 180 valence electrons. The number of aromatic nitrogens is 2. The fourth-order valence-electron chi connectivity index (χ4n) is 4.80. The van der Waals surface area contributed by atoms with Crippen molar-refractivity contribution in [1.29, 1.82) is 5.26 Å². The second-order valence-corrected chi connectivity index (χ2v) is 9.45. The van der Waals surface area contributed by atoms with E-state index >= 15 is 0 Å². The van der Waals surface area contributed by atoms with Gasteiger partial charge in [-0.1, -0.05) is 31.2 Å². The van der Waals surface area contributed by atoms with Crippen LogP contribution in [0.5, 0.6) is 17.4 Å². The van der Waals surface area contributed by atoms with Crippen LogP contribution in [0, 0.1) is 17.2 Å². The van der Waals surface area contributed by atoms with E-state index < -0.39 is 0 Å². The summed E-state index contributed by atoms with van der Waals surface area (Å²) in [5.74, 6) is 3.42. The SMILES string of the molecule is COc1ccccc1Oc1nc(N2CCC(C)CC2)nc2c1CN(Cc1cccc(C#N)c1)CC2. The number of benzene rings is 2. The second-order valence-electron chi connectivity index (χ2n) is 9.45. The molecular formula is C28H31N5O2. The fourth-order valence-corrected chi connectivity index (χ4v) is 4.80. The molecule has 2 aliphatic heterocycles. The number of nitrogens with zero attached hydrogens (tertiary/aromatic N) is 5. The number of fused-ring (bicyclic) bond motifs is 1. The minimum absolute atomic E-state index is 0.601. The van der Waals surface area contributed by atoms with Gasteiger partial charge >= 0.3 is 0 Å². The Labute approximate surface area is 206 Å². The third kappa shape index (κ3) is 5.23. The van der Waals surface area contributed by atoms with Crippen LogP contribution in [0.1, 0.15) is 42.1 Å². The molecule has 35 heavy (non-hydrogen) atoms. The first-order chi connectivity index (χ1) is 17.1. The third-order valence-electron chi connectivity index (χ3n) is 6.89. The van der Waals surface area contributed by atoms with Crippen molar-refractivity contribution in [3.8, 4) is 23.4 Å². The van der Waals surface area contributed by atoms with Gasteiger partial charge in [-0.3, -0.25) is 4.90 Å². The number of methoxy groups -OCH3 is 1. The van der Waals surface area contributed by atoms with E-state index in [0.29, 0.717) is 29.5 Å². The number of anilines is 1. The molecule has 1 aromatic heterocycles. The van der Waals surface area contributed by atoms with Crippen LogP contribution in [-0.2, 0) is 19.5 Å². The van der Waals surface area contributed by atoms with E-state index in [4.69, 9.17) is 19.4 Å². The predicted octanol–water partition coefficient (Wildman–Crippen LogP) is 4.94. The number of para-hydroxylation sites is 2. The minimum atomic E-state index is 0.601. The molecule has 0 bridgehead atoms. The lowest BCUT2D eigenvalue weighted by Crippen LogP contribution is -2.36. The van der Waals surface area contributed by atoms with Crippen LogP contribution in [0.3, 0.4) is 0 Å². The molecule has 0 radical (unpaired) electrons. The Morgan fingerprint density at radius 3 is 2.60 bits per heavy atom. The van der Waals surface area contributed by atoms with Crippen molar-refractivity contribution in [2.45, 2.75) is 39.3 Å². The quantitative estimate of drug-likeness (QED) is 0.506. The number of nitriles is 1. The van der Waals surface area contributed by atoms with E-state index in [1.54, 1.807) is 7.11 Å². The minimum Gasteiger partial charge on any atom is -0.493 e. The lowest BCUT2D eigenvalue weighted by Gasteiger charge is -2.33. The summed E-state index contributed by atoms with van der Waals surface area (Å²) in [6.07, 6.45) is 3.13. The van der Waals surface area contributed by atoms with E-state index in [2.05, 4.69) is 28.9 Å². The lowest BCUT2D eigenvalue weighted by atomic mass is 9.99. The van der Waals surface area contributed by atoms with Gasteiger partial charge in [-0.15, -0.1) is 0 Å². The van der Waals surface area contributed by atoms with Crippen LogP contribution in [-0.4, -0.2) is 41.6 Å². The number of ether oxygens (including phenoxy) is 2. The highest BCUT2D eigenvalue weighted by Gasteiger charge is 2.27. The zero-order valence-corrected chi connectivity index (χ0v) is 20.4. The zero-order chi connectivity index (χ0) is 24.2. The van der Waals surface area contributed by atoms with E-state index in [1.165, 1.54) is 0 Å². The molecule has 7 nitrogen and oxygen atoms in total. The molecule has 0 aliphatic carbocycles. The Kier molecular flexibility index (Phi) is 6.82. The van der Waals surface area contributed by atoms with Crippen LogP contribution in [0.15, 0.2) is 48.5 Å². The molecule has 0 atom stereocenters. The lowest BCUT2D eigenvalue weighted by molar-refractivity contribution is 0.237. The maximum absolute atomic E-state index is 9.25. The average Bonchev–Trinajstić information content (AvgIpc) is 2.89. The third-order valence-corrected chi connectivity index (χ3v) is 6.89. The zero-order valence-electron chi connectivity index (χ0n) is 20.4. The Balaban J connectivity index is 1.46. The van der Waals surface area contributed by atoms with Crippen LogP contribution in [0.2, 0.25) is 0 Å². The molecule has 5 rings (SSSR count). The summed E-state index contributed by atoms with van der Waals surface area (Å²) in [6.45, 7) is 6.58. The number of piperidine rings is 1. The molecule has 0 saturated carbocycles. The van der Waals surface area contributed by atoms with Crippen LogP contribution in [0.4, 0.5) is 5.95 Å². The second kappa shape index (κ2) is 10.3. The van der Waals surface area contributed by atoms with Crippen molar-refractivity contribution in [2.75, 3.05) is 31.6 Å². The van der Waals surface area contributed by atoms with Gasteiger partial charge in [0.25, 0.3) is 0 Å². The highest BCUT2D eigenvalue weighted by atomic mass is 16.5. The Morgan fingerprint density at radius 2 is 1.83 bits per heavy atom. The monoisotopic (exact) mass is 469 g/mol. The van der Waals surface area contributed by atoms with Crippen molar-refractivity contribution in [3.05, 3.63) is 70.9 Å². The first kappa shape index (κ1) is 23.1. The smallest absolute Gasteiger partial charge is 0.229 e. The summed E-state index contributed by atoms with van der Waals surface area (Å²) in [4.78, 5) is 14.6. The van der Waals surface area contributed by atoms with Crippen molar-refractivity contribution < 1.29 is 9.47 Å². The number of hydrogen-bond donors (Lipinski definition) is 0. The van der Waals surface area contributed by atoms with Gasteiger partial charge in [-0.05, 0) is 48.6 Å². The van der Waals surface area contributed by atoms with Gasteiger partial charge < -0.3 is 14.4 Å². The summed E-state index contributed by atoms with van der Waals surface area (Å²) >= 11 is 0. The summed E-state index contributed by atoms with van der Waals surface area (Å²) in [6, 6.07) is 17.7. The molecule has 1 fully saturated rings. The number of rotatable bonds is 6. The van der Waals surface area contributed by atoms with Gasteiger partial charge in [-0.2, -0.15) is 10.2 Å². The molecule has 0 N–H and O–H groups in total. The topological polar surface area (TPSA) is 74.5 Å². The fraction of sp³-hybridized carbons (Fsp3) is 0.393. The molecule has 3 aromatic rings. The Hall–Kier alpha value is -3.63. The van der Waals surface area contributed by atoms with E-state index in [0.717, 1.165) is 74.1 Å². The molecule has 1 saturated heterocycles. The molecule has 2 aliphatic rings. The average molecular weight is 470 g/mol. The van der Waals surface area contributed by atoms with Crippen molar-refractivity contribution >= 4 is 5.95 Å². The van der Waals surface area contributed by atoms with Gasteiger partial charge in [0, 0.05) is 39.1 Å². The Bertz CT molecular complexity index is 1230. The predicted molar refractivity (Wildman–Crippen MR) is 135 cm³/mol. The maximum Gasteiger partial charge on any atom is 0.229 e. The Morgan fingerprint density at radius 1 is 1.03 bits per heavy atom. The highest BCUT2D eigenvalue weighted by molar-refractivity contribution is 5.47. The standard InChI is InChI=1S/C28H31N5O2/c1-20-10-14-33(15-11-20)28-30-24-12-13-32(18-22-7-5-6-21(16-22)17-29)19-23(24)27(31-28)35-26-9-4-3-8-25(26)34-2/h3-9,16,20H,10-15,18-19H2,1-2H3. The maximum atomic E-state index is 9.25. The van der Waals surface area contributed by atoms with Gasteiger partial charge in [0.15, 0.2) is 11.5 Å². The van der Waals surface area contributed by atoms with Crippen LogP contribution >= 0.6 is 0 Å². The normalized spacial score (nSPS) is 16.4. The van der Waals surface area contributed by atoms with Crippen molar-refractivity contribution in [3.63, 3.8) is 0 Å². The largest absolute Gasteiger partial charge is 0.493 e. The van der Waals surface area contributed by atoms with Gasteiger partial charge in [0.1, 0.15) is 0 Å². The van der Waals surface area contributed by atoms with Crippen LogP contribution < -0.4 is 14.4 Å². The molecule has 2 aromatic carbocycles. The summed E-state index contributed by atoms with van der Waals surface area (Å²) in [5.41, 5.74) is 3.89. The van der Waals surface area contributed by atoms with Gasteiger partial charge in [0.2, 0.25) is 11.8 Å². The molecule has 7 heteroatoms. The number of hydrogen-bond acceptors (Lipinski definition) is 7. The van der Waals surface area contributed by atoms with Gasteiger partial charge in [0.05, 0.1) is 30.0 Å². The summed E-state index contributed by atoms with van der Waals surface area (Å²) in [5, 5.41) is 9.25. The van der Waals surface area contributed by atoms with Gasteiger partial charge in [-0.25, -0.2) is 4.98 Å². The van der Waals surface area contributed by atoms with Crippen molar-refractivity contribution in [1.82, 2.24) is 14.9 Å². The molecule has 0 spiro atoms. The van der Waals surface area contributed by atoms with Crippen LogP contribution in [0.25, 0.3) is 0 Å². The van der Waals surface area contributed by atoms with Crippen molar-refractivity contribution in [2.24, 2.45) is 5.92 Å². The molecule has 0 amide bonds. The van der Waals surface area contributed by atoms with E-state index in [-0.39, 0.29) is 0 Å². The summed E-state index contributed by atoms with van der Waals surface area (Å²) < 4.78 is 11.9. The molecule has 3 heterocycles. The van der Waals surface area contributed by atoms with E-state index in [9.17, 15) is 5.26 Å². The first-order valence-corrected chi connectivity index (χ1v) is 12.3. The highest BCUT2D eigenvalue weighted by Crippen LogP contribution is 2.36. The summed E-state index contributed by atoms with van der Waals surface area (Å²) in [7, 11) is 1.65. The molecule has 0 unspecified atom stereocenters. The first-order valence-electron chi connectivity index (χ1n) is 12.3. The molecular weight excluding hydrogens is 438 g/mol.